The van der Waals surface area contributed by atoms with Crippen LogP contribution in [0, 0.1) is 0 Å². The third-order valence-electron chi connectivity index (χ3n) is 4.75. The Hall–Kier alpha value is -2.67. The van der Waals surface area contributed by atoms with Crippen LogP contribution in [0.2, 0.25) is 0 Å². The van der Waals surface area contributed by atoms with Crippen LogP contribution in [-0.2, 0) is 9.53 Å². The third-order valence-corrected chi connectivity index (χ3v) is 5.85. The normalized spacial score (nSPS) is 18.6. The molecule has 6 nitrogen and oxygen atoms in total. The van der Waals surface area contributed by atoms with Gasteiger partial charge in [-0.1, -0.05) is 31.5 Å². The van der Waals surface area contributed by atoms with Gasteiger partial charge in [-0.25, -0.2) is 0 Å². The highest BCUT2D eigenvalue weighted by Crippen LogP contribution is 2.47. The van der Waals surface area contributed by atoms with E-state index >= 15 is 0 Å². The molecule has 1 amide bonds. The second-order valence-corrected chi connectivity index (χ2v) is 7.68. The Morgan fingerprint density at radius 3 is 2.55 bits per heavy atom. The van der Waals surface area contributed by atoms with Gasteiger partial charge in [-0.05, 0) is 42.4 Å². The molecule has 1 heterocycles. The Labute approximate surface area is 175 Å². The fourth-order valence-corrected chi connectivity index (χ4v) is 4.41. The van der Waals surface area contributed by atoms with Crippen molar-refractivity contribution in [1.82, 2.24) is 0 Å². The van der Waals surface area contributed by atoms with Crippen LogP contribution in [0.5, 0.6) is 11.5 Å². The largest absolute Gasteiger partial charge is 0.497 e. The number of nitrogens with zero attached hydrogens (tertiary/aromatic N) is 1. The van der Waals surface area contributed by atoms with Crippen molar-refractivity contribution in [2.45, 2.75) is 31.1 Å². The minimum Gasteiger partial charge on any atom is -0.497 e. The summed E-state index contributed by atoms with van der Waals surface area (Å²) in [6, 6.07) is 14.2. The Kier molecular flexibility index (Phi) is 7.04. The van der Waals surface area contributed by atoms with Crippen LogP contribution >= 0.6 is 11.8 Å². The van der Waals surface area contributed by atoms with Crippen molar-refractivity contribution in [2.24, 2.45) is 0 Å². The predicted molar refractivity (Wildman–Crippen MR) is 114 cm³/mol. The molecule has 2 aromatic carbocycles. The summed E-state index contributed by atoms with van der Waals surface area (Å²) < 4.78 is 16.4. The number of methoxy groups -OCH3 is 2. The first-order valence-electron chi connectivity index (χ1n) is 9.54. The first-order valence-corrected chi connectivity index (χ1v) is 10.4. The number of hydrogen-bond donors (Lipinski definition) is 0. The molecule has 1 saturated heterocycles. The molecule has 0 aromatic heterocycles. The van der Waals surface area contributed by atoms with E-state index in [0.29, 0.717) is 18.1 Å². The van der Waals surface area contributed by atoms with Crippen LogP contribution in [0.1, 0.15) is 31.4 Å². The van der Waals surface area contributed by atoms with Gasteiger partial charge in [-0.2, -0.15) is 0 Å². The molecule has 1 aliphatic heterocycles. The van der Waals surface area contributed by atoms with Crippen LogP contribution in [0.25, 0.3) is 0 Å². The zero-order valence-electron chi connectivity index (χ0n) is 16.8. The summed E-state index contributed by atoms with van der Waals surface area (Å²) in [6.07, 6.45) is 1.90. The quantitative estimate of drug-likeness (QED) is 0.454. The average molecular weight is 416 g/mol. The molecule has 0 aliphatic carbocycles. The molecular formula is C22H25NO5S. The highest BCUT2D eigenvalue weighted by molar-refractivity contribution is 8.15. The number of para-hydroxylation sites is 1. The number of amides is 1. The first-order chi connectivity index (χ1) is 14.1. The number of thioether (sulfide) groups is 1. The molecule has 0 radical (unpaired) electrons. The molecule has 0 bridgehead atoms. The van der Waals surface area contributed by atoms with Crippen molar-refractivity contribution >= 4 is 28.7 Å². The van der Waals surface area contributed by atoms with Gasteiger partial charge in [0.1, 0.15) is 16.7 Å². The van der Waals surface area contributed by atoms with Crippen LogP contribution in [0.15, 0.2) is 48.5 Å². The summed E-state index contributed by atoms with van der Waals surface area (Å²) in [6.45, 7) is 2.63. The van der Waals surface area contributed by atoms with Crippen molar-refractivity contribution in [3.8, 4) is 11.5 Å². The summed E-state index contributed by atoms with van der Waals surface area (Å²) in [5, 5.41) is -0.901. The maximum Gasteiger partial charge on any atom is 0.321 e. The predicted octanol–water partition coefficient (Wildman–Crippen LogP) is 4.83. The van der Waals surface area contributed by atoms with Crippen molar-refractivity contribution in [3.63, 3.8) is 0 Å². The van der Waals surface area contributed by atoms with Crippen molar-refractivity contribution < 1.29 is 23.8 Å². The summed E-state index contributed by atoms with van der Waals surface area (Å²) in [5.41, 5.74) is 1.47. The molecule has 3 rings (SSSR count). The molecule has 1 fully saturated rings. The van der Waals surface area contributed by atoms with Crippen molar-refractivity contribution in [2.75, 3.05) is 25.7 Å². The topological polar surface area (TPSA) is 65.1 Å². The Bertz CT molecular complexity index is 858. The van der Waals surface area contributed by atoms with Crippen molar-refractivity contribution in [3.05, 3.63) is 54.1 Å². The highest BCUT2D eigenvalue weighted by Gasteiger charge is 2.48. The standard InChI is InChI=1S/C22H25NO5S/c1-4-5-13-28-18-14-16(26-2)11-12-17(18)19-20(21(24)27-3)29-22(25)23(19)15-9-7-6-8-10-15/h6-12,14,19-20H,4-5,13H2,1-3H3/t19-,20+/m1/s1. The van der Waals surface area contributed by atoms with E-state index in [1.165, 1.54) is 7.11 Å². The van der Waals surface area contributed by atoms with E-state index < -0.39 is 17.3 Å². The smallest absolute Gasteiger partial charge is 0.321 e. The van der Waals surface area contributed by atoms with Gasteiger partial charge >= 0.3 is 5.97 Å². The SMILES string of the molecule is CCCCOc1cc(OC)ccc1[C@@H]1[C@@H](C(=O)OC)SC(=O)N1c1ccccc1. The van der Waals surface area contributed by atoms with Gasteiger partial charge in [0.05, 0.1) is 26.9 Å². The molecule has 1 aliphatic rings. The molecule has 0 spiro atoms. The maximum absolute atomic E-state index is 12.9. The molecule has 0 unspecified atom stereocenters. The number of anilines is 1. The second kappa shape index (κ2) is 9.69. The lowest BCUT2D eigenvalue weighted by atomic mass is 9.99. The fourth-order valence-electron chi connectivity index (χ4n) is 3.27. The van der Waals surface area contributed by atoms with Crippen molar-refractivity contribution in [1.29, 1.82) is 0 Å². The zero-order valence-corrected chi connectivity index (χ0v) is 17.6. The molecule has 0 saturated carbocycles. The first kappa shape index (κ1) is 21.0. The van der Waals surface area contributed by atoms with Gasteiger partial charge in [-0.15, -0.1) is 0 Å². The number of carbonyl (C=O) groups is 2. The van der Waals surface area contributed by atoms with Gasteiger partial charge in [0.2, 0.25) is 0 Å². The molecule has 154 valence electrons. The Balaban J connectivity index is 2.09. The lowest BCUT2D eigenvalue weighted by molar-refractivity contribution is -0.140. The Morgan fingerprint density at radius 2 is 1.90 bits per heavy atom. The number of hydrogen-bond acceptors (Lipinski definition) is 6. The molecule has 7 heteroatoms. The lowest BCUT2D eigenvalue weighted by Gasteiger charge is -2.28. The van der Waals surface area contributed by atoms with Gasteiger partial charge in [0.25, 0.3) is 5.24 Å². The number of ether oxygens (including phenoxy) is 3. The van der Waals surface area contributed by atoms with Crippen LogP contribution in [0.3, 0.4) is 0 Å². The summed E-state index contributed by atoms with van der Waals surface area (Å²) in [5.74, 6) is 0.813. The highest BCUT2D eigenvalue weighted by atomic mass is 32.2. The van der Waals surface area contributed by atoms with E-state index in [0.717, 1.165) is 35.9 Å². The molecular weight excluding hydrogens is 390 g/mol. The van der Waals surface area contributed by atoms with E-state index in [4.69, 9.17) is 14.2 Å². The van der Waals surface area contributed by atoms with Gasteiger partial charge in [-0.3, -0.25) is 14.5 Å². The van der Waals surface area contributed by atoms with Crippen LogP contribution in [-0.4, -0.2) is 37.3 Å². The van der Waals surface area contributed by atoms with E-state index in [2.05, 4.69) is 6.92 Å². The summed E-state index contributed by atoms with van der Waals surface area (Å²) in [7, 11) is 2.93. The lowest BCUT2D eigenvalue weighted by Crippen LogP contribution is -2.33. The molecule has 0 N–H and O–H groups in total. The van der Waals surface area contributed by atoms with Crippen LogP contribution < -0.4 is 14.4 Å². The van der Waals surface area contributed by atoms with Gasteiger partial charge in [0.15, 0.2) is 0 Å². The minimum absolute atomic E-state index is 0.202. The van der Waals surface area contributed by atoms with E-state index in [-0.39, 0.29) is 5.24 Å². The Morgan fingerprint density at radius 1 is 1.14 bits per heavy atom. The monoisotopic (exact) mass is 415 g/mol. The minimum atomic E-state index is -0.699. The summed E-state index contributed by atoms with van der Waals surface area (Å²) in [4.78, 5) is 27.1. The van der Waals surface area contributed by atoms with E-state index in [9.17, 15) is 9.59 Å². The number of esters is 1. The van der Waals surface area contributed by atoms with Gasteiger partial charge in [0, 0.05) is 17.3 Å². The number of benzene rings is 2. The van der Waals surface area contributed by atoms with Gasteiger partial charge < -0.3 is 14.2 Å². The third kappa shape index (κ3) is 4.50. The zero-order chi connectivity index (χ0) is 20.8. The second-order valence-electron chi connectivity index (χ2n) is 6.58. The maximum atomic E-state index is 12.9. The number of rotatable bonds is 8. The molecule has 29 heavy (non-hydrogen) atoms. The van der Waals surface area contributed by atoms with E-state index in [1.54, 1.807) is 18.1 Å². The molecule has 2 atom stereocenters. The number of unbranched alkanes of at least 4 members (excludes halogenated alkanes) is 1. The summed E-state index contributed by atoms with van der Waals surface area (Å²) >= 11 is 0.977. The number of carbonyl (C=O) groups excluding carboxylic acids is 2. The van der Waals surface area contributed by atoms with Crippen LogP contribution in [0.4, 0.5) is 10.5 Å². The van der Waals surface area contributed by atoms with E-state index in [1.807, 2.05) is 42.5 Å². The fraction of sp³-hybridized carbons (Fsp3) is 0.364. The average Bonchev–Trinajstić information content (AvgIpc) is 3.10. The molecule has 2 aromatic rings.